The molecule has 0 saturated carbocycles. The van der Waals surface area contributed by atoms with E-state index in [1.165, 1.54) is 17.5 Å². The third-order valence-corrected chi connectivity index (χ3v) is 8.79. The number of amides is 1. The van der Waals surface area contributed by atoms with Crippen LogP contribution in [0.15, 0.2) is 89.5 Å². The Morgan fingerprint density at radius 1 is 1.11 bits per heavy atom. The number of aliphatic imine (C=N–C) groups is 2. The van der Waals surface area contributed by atoms with Gasteiger partial charge in [0.15, 0.2) is 12.3 Å². The molecule has 1 N–H and O–H groups in total. The predicted molar refractivity (Wildman–Crippen MR) is 188 cm³/mol. The lowest BCUT2D eigenvalue weighted by Gasteiger charge is -2.22. The lowest BCUT2D eigenvalue weighted by atomic mass is 9.89. The molecule has 0 atom stereocenters. The van der Waals surface area contributed by atoms with Gasteiger partial charge < -0.3 is 10.1 Å². The van der Waals surface area contributed by atoms with E-state index >= 15 is 0 Å². The van der Waals surface area contributed by atoms with E-state index in [0.29, 0.717) is 30.6 Å². The van der Waals surface area contributed by atoms with Crippen LogP contribution in [0.4, 0.5) is 5.69 Å². The van der Waals surface area contributed by atoms with Crippen LogP contribution < -0.4 is 5.32 Å². The number of carbonyl (C=O) groups excluding carboxylic acids is 2. The summed E-state index contributed by atoms with van der Waals surface area (Å²) in [6.07, 6.45) is 10.5. The van der Waals surface area contributed by atoms with Gasteiger partial charge in [-0.2, -0.15) is 0 Å². The van der Waals surface area contributed by atoms with Crippen molar-refractivity contribution in [2.75, 3.05) is 32.1 Å². The zero-order valence-corrected chi connectivity index (χ0v) is 26.9. The number of benzene rings is 3. The summed E-state index contributed by atoms with van der Waals surface area (Å²) in [5.41, 5.74) is 9.20. The molecule has 2 aliphatic rings. The van der Waals surface area contributed by atoms with Crippen LogP contribution in [0.25, 0.3) is 5.57 Å². The van der Waals surface area contributed by atoms with Gasteiger partial charge in [0.2, 0.25) is 0 Å². The molecule has 3 aromatic rings. The van der Waals surface area contributed by atoms with Gasteiger partial charge in [0.25, 0.3) is 5.91 Å². The molecule has 7 nitrogen and oxygen atoms in total. The van der Waals surface area contributed by atoms with Gasteiger partial charge in [-0.3, -0.25) is 14.6 Å². The van der Waals surface area contributed by atoms with Crippen molar-refractivity contribution in [2.45, 2.75) is 45.6 Å². The molecule has 0 unspecified atom stereocenters. The van der Waals surface area contributed by atoms with Gasteiger partial charge in [0, 0.05) is 59.0 Å². The van der Waals surface area contributed by atoms with E-state index in [2.05, 4.69) is 59.5 Å². The number of ketones is 1. The Hall–Kier alpha value is -4.75. The molecule has 0 radical (unpaired) electrons. The van der Waals surface area contributed by atoms with Crippen LogP contribution in [-0.4, -0.2) is 61.7 Å². The lowest BCUT2D eigenvalue weighted by molar-refractivity contribution is -0.510. The number of aryl methyl sites for hydroxylation is 2. The molecule has 0 spiro atoms. The Bertz CT molecular complexity index is 1730. The topological polar surface area (TPSA) is 83.1 Å². The van der Waals surface area contributed by atoms with Crippen molar-refractivity contribution in [3.8, 4) is 0 Å². The second-order valence-electron chi connectivity index (χ2n) is 12.1. The number of fused-ring (bicyclic) bond motifs is 1. The molecule has 236 valence electrons. The highest BCUT2D eigenvalue weighted by Gasteiger charge is 2.22. The lowest BCUT2D eigenvalue weighted by Crippen LogP contribution is -2.18. The third-order valence-electron chi connectivity index (χ3n) is 8.79. The average Bonchev–Trinajstić information content (AvgIpc) is 3.07. The SMILES string of the molecule is C=NC(=O)c1cccc2c1C(=C)CN=C2CC=[N+](C)Cc1cccc(NC=CC(=O)c2ccc(CCC3CCOCC3)c(C)c2)c1. The van der Waals surface area contributed by atoms with E-state index < -0.39 is 0 Å². The normalized spacial score (nSPS) is 15.4. The van der Waals surface area contributed by atoms with Gasteiger partial charge in [-0.1, -0.05) is 43.0 Å². The Labute approximate surface area is 272 Å². The number of carbonyl (C=O) groups is 2. The molecule has 7 heteroatoms. The number of ether oxygens (including phenoxy) is 1. The second-order valence-corrected chi connectivity index (χ2v) is 12.1. The number of hydrogen-bond donors (Lipinski definition) is 1. The molecule has 2 heterocycles. The number of nitrogens with zero attached hydrogens (tertiary/aromatic N) is 3. The summed E-state index contributed by atoms with van der Waals surface area (Å²) in [7, 11) is 2.03. The second kappa shape index (κ2) is 15.5. The highest BCUT2D eigenvalue weighted by molar-refractivity contribution is 6.14. The fourth-order valence-electron chi connectivity index (χ4n) is 6.16. The first-order valence-corrected chi connectivity index (χ1v) is 16.0. The maximum absolute atomic E-state index is 12.9. The third kappa shape index (κ3) is 8.29. The largest absolute Gasteiger partial charge is 0.381 e. The van der Waals surface area contributed by atoms with E-state index in [1.807, 2.05) is 43.4 Å². The van der Waals surface area contributed by atoms with Gasteiger partial charge >= 0.3 is 0 Å². The van der Waals surface area contributed by atoms with Crippen LogP contribution in [0.5, 0.6) is 0 Å². The number of nitrogens with one attached hydrogen (secondary N) is 1. The van der Waals surface area contributed by atoms with E-state index in [0.717, 1.165) is 72.1 Å². The number of anilines is 1. The van der Waals surface area contributed by atoms with Crippen LogP contribution in [0.1, 0.15) is 74.2 Å². The summed E-state index contributed by atoms with van der Waals surface area (Å²) in [5, 5.41) is 3.25. The van der Waals surface area contributed by atoms with Gasteiger partial charge in [0.05, 0.1) is 18.7 Å². The van der Waals surface area contributed by atoms with Crippen LogP contribution in [0.3, 0.4) is 0 Å². The van der Waals surface area contributed by atoms with Crippen molar-refractivity contribution < 1.29 is 18.9 Å². The molecule has 46 heavy (non-hydrogen) atoms. The van der Waals surface area contributed by atoms with Crippen molar-refractivity contribution in [3.05, 3.63) is 118 Å². The summed E-state index contributed by atoms with van der Waals surface area (Å²) in [5.74, 6) is 0.360. The molecule has 2 aliphatic heterocycles. The minimum Gasteiger partial charge on any atom is -0.381 e. The maximum Gasteiger partial charge on any atom is 0.277 e. The first-order chi connectivity index (χ1) is 22.3. The molecule has 1 fully saturated rings. The summed E-state index contributed by atoms with van der Waals surface area (Å²) in [4.78, 5) is 33.6. The molecular formula is C39H43N4O3+. The molecule has 0 aromatic heterocycles. The van der Waals surface area contributed by atoms with Gasteiger partial charge in [-0.05, 0) is 86.2 Å². The Morgan fingerprint density at radius 3 is 2.70 bits per heavy atom. The fourth-order valence-corrected chi connectivity index (χ4v) is 6.16. The standard InChI is InChI=1S/C39H42N4O3/c1-27-23-32(14-13-31(27)12-11-29-17-21-46-22-18-29)37(44)15-19-41-33-8-5-7-30(24-33)26-43(4)20-16-36-34-9-6-10-35(39(45)40-3)38(34)28(2)25-42-36/h5-10,13-15,19-20,23-24,29H,2-3,11-12,16-18,21-22,25-26H2,1,4H3/p+1. The van der Waals surface area contributed by atoms with Crippen molar-refractivity contribution in [1.82, 2.24) is 0 Å². The molecular weight excluding hydrogens is 572 g/mol. The first-order valence-electron chi connectivity index (χ1n) is 16.0. The molecule has 5 rings (SSSR count). The van der Waals surface area contributed by atoms with E-state index in [4.69, 9.17) is 9.73 Å². The number of rotatable bonds is 12. The molecule has 1 saturated heterocycles. The molecule has 0 aliphatic carbocycles. The first kappa shape index (κ1) is 32.6. The highest BCUT2D eigenvalue weighted by Crippen LogP contribution is 2.29. The molecule has 1 amide bonds. The average molecular weight is 616 g/mol. The van der Waals surface area contributed by atoms with Gasteiger partial charge in [-0.25, -0.2) is 9.57 Å². The van der Waals surface area contributed by atoms with Crippen LogP contribution >= 0.6 is 0 Å². The van der Waals surface area contributed by atoms with E-state index in [1.54, 1.807) is 18.3 Å². The smallest absolute Gasteiger partial charge is 0.277 e. The van der Waals surface area contributed by atoms with Crippen LogP contribution in [0.2, 0.25) is 0 Å². The van der Waals surface area contributed by atoms with Crippen molar-refractivity contribution in [3.63, 3.8) is 0 Å². The minimum absolute atomic E-state index is 0.0231. The highest BCUT2D eigenvalue weighted by atomic mass is 16.5. The number of hydrogen-bond acceptors (Lipinski definition) is 5. The summed E-state index contributed by atoms with van der Waals surface area (Å²) in [6.45, 7) is 12.5. The van der Waals surface area contributed by atoms with Gasteiger partial charge in [0.1, 0.15) is 13.3 Å². The van der Waals surface area contributed by atoms with E-state index in [9.17, 15) is 9.59 Å². The Kier molecular flexibility index (Phi) is 11.0. The fraction of sp³-hybridized carbons (Fsp3) is 0.308. The number of allylic oxidation sites excluding steroid dienone is 1. The van der Waals surface area contributed by atoms with Crippen molar-refractivity contribution >= 4 is 41.6 Å². The Balaban J connectivity index is 1.15. The van der Waals surface area contributed by atoms with Gasteiger partial charge in [-0.15, -0.1) is 0 Å². The van der Waals surface area contributed by atoms with Crippen molar-refractivity contribution in [1.29, 1.82) is 0 Å². The van der Waals surface area contributed by atoms with Crippen molar-refractivity contribution in [2.24, 2.45) is 15.9 Å². The van der Waals surface area contributed by atoms with Crippen LogP contribution in [-0.2, 0) is 17.7 Å². The molecule has 3 aromatic carbocycles. The summed E-state index contributed by atoms with van der Waals surface area (Å²) < 4.78 is 7.61. The summed E-state index contributed by atoms with van der Waals surface area (Å²) >= 11 is 0. The quantitative estimate of drug-likeness (QED) is 0.102. The molecule has 0 bridgehead atoms. The maximum atomic E-state index is 12.9. The predicted octanol–water partition coefficient (Wildman–Crippen LogP) is 7.12. The van der Waals surface area contributed by atoms with Crippen LogP contribution in [0, 0.1) is 12.8 Å². The van der Waals surface area contributed by atoms with E-state index in [-0.39, 0.29) is 11.7 Å². The zero-order valence-electron chi connectivity index (χ0n) is 26.9. The summed E-state index contributed by atoms with van der Waals surface area (Å²) in [6, 6.07) is 19.8. The minimum atomic E-state index is -0.353. The monoisotopic (exact) mass is 615 g/mol. The zero-order chi connectivity index (χ0) is 32.5. The Morgan fingerprint density at radius 2 is 1.91 bits per heavy atom.